The highest BCUT2D eigenvalue weighted by molar-refractivity contribution is 5.77. The van der Waals surface area contributed by atoms with Gasteiger partial charge >= 0.3 is 18.3 Å². The molecule has 0 bridgehead atoms. The van der Waals surface area contributed by atoms with Gasteiger partial charge in [0.2, 0.25) is 0 Å². The summed E-state index contributed by atoms with van der Waals surface area (Å²) in [4.78, 5) is 11.1. The molecule has 1 aromatic rings. The number of carboxylic acids is 1. The molecule has 0 saturated heterocycles. The first-order chi connectivity index (χ1) is 11.2. The Morgan fingerprint density at radius 3 is 1.84 bits per heavy atom. The number of aliphatic carboxylic acids is 1. The maximum absolute atomic E-state index is 12.9. The molecule has 0 fully saturated rings. The molecule has 2 atom stereocenters. The fourth-order valence-corrected chi connectivity index (χ4v) is 2.52. The average Bonchev–Trinajstić information content (AvgIpc) is 2.44. The van der Waals surface area contributed by atoms with E-state index in [4.69, 9.17) is 10.8 Å². The van der Waals surface area contributed by atoms with Gasteiger partial charge in [-0.05, 0) is 49.4 Å². The van der Waals surface area contributed by atoms with Gasteiger partial charge < -0.3 is 10.8 Å². The Labute approximate surface area is 140 Å². The zero-order valence-electron chi connectivity index (χ0n) is 13.6. The molecule has 3 nitrogen and oxygen atoms in total. The molecule has 0 aromatic heterocycles. The third-order valence-electron chi connectivity index (χ3n) is 3.95. The van der Waals surface area contributed by atoms with Gasteiger partial charge in [-0.1, -0.05) is 13.3 Å². The number of benzene rings is 1. The lowest BCUT2D eigenvalue weighted by molar-refractivity contribution is -0.144. The van der Waals surface area contributed by atoms with Crippen LogP contribution in [-0.4, -0.2) is 16.6 Å². The van der Waals surface area contributed by atoms with Crippen molar-refractivity contribution in [1.29, 1.82) is 0 Å². The van der Waals surface area contributed by atoms with Crippen molar-refractivity contribution in [3.05, 3.63) is 34.9 Å². The van der Waals surface area contributed by atoms with Crippen LogP contribution in [0.2, 0.25) is 0 Å². The van der Waals surface area contributed by atoms with Crippen LogP contribution in [0.5, 0.6) is 0 Å². The summed E-state index contributed by atoms with van der Waals surface area (Å²) in [6.45, 7) is 2.92. The lowest BCUT2D eigenvalue weighted by Gasteiger charge is -2.25. The van der Waals surface area contributed by atoms with Gasteiger partial charge in [-0.25, -0.2) is 0 Å². The van der Waals surface area contributed by atoms with Gasteiger partial charge in [0.25, 0.3) is 0 Å². The second-order valence-corrected chi connectivity index (χ2v) is 6.32. The summed E-state index contributed by atoms with van der Waals surface area (Å²) in [5.41, 5.74) is 1.08. The second kappa shape index (κ2) is 7.23. The highest BCUT2D eigenvalue weighted by Gasteiger charge is 2.37. The number of alkyl halides is 6. The molecule has 25 heavy (non-hydrogen) atoms. The summed E-state index contributed by atoms with van der Waals surface area (Å²) < 4.78 is 77.2. The van der Waals surface area contributed by atoms with E-state index in [9.17, 15) is 31.1 Å². The largest absolute Gasteiger partial charge is 0.480 e. The van der Waals surface area contributed by atoms with Crippen LogP contribution in [-0.2, 0) is 23.6 Å². The van der Waals surface area contributed by atoms with Crippen LogP contribution >= 0.6 is 0 Å². The molecule has 1 rings (SSSR count). The third-order valence-corrected chi connectivity index (χ3v) is 3.95. The van der Waals surface area contributed by atoms with Gasteiger partial charge in [0.05, 0.1) is 11.1 Å². The first kappa shape index (κ1) is 21.3. The Morgan fingerprint density at radius 1 is 1.08 bits per heavy atom. The van der Waals surface area contributed by atoms with E-state index in [2.05, 4.69) is 0 Å². The van der Waals surface area contributed by atoms with Crippen molar-refractivity contribution in [2.45, 2.75) is 51.0 Å². The van der Waals surface area contributed by atoms with Gasteiger partial charge in [-0.15, -0.1) is 0 Å². The number of hydrogen-bond donors (Lipinski definition) is 2. The third kappa shape index (κ3) is 5.91. The number of hydrogen-bond acceptors (Lipinski definition) is 2. The average molecular weight is 371 g/mol. The van der Waals surface area contributed by atoms with Gasteiger partial charge in [0.15, 0.2) is 0 Å². The van der Waals surface area contributed by atoms with E-state index >= 15 is 0 Å². The summed E-state index contributed by atoms with van der Waals surface area (Å²) in [6, 6.07) is 1.38. The molecule has 2 unspecified atom stereocenters. The maximum atomic E-state index is 12.9. The molecule has 3 N–H and O–H groups in total. The maximum Gasteiger partial charge on any atom is 0.416 e. The topological polar surface area (TPSA) is 63.3 Å². The lowest BCUT2D eigenvalue weighted by atomic mass is 9.84. The molecule has 0 aliphatic heterocycles. The van der Waals surface area contributed by atoms with Crippen molar-refractivity contribution in [2.24, 2.45) is 11.7 Å². The van der Waals surface area contributed by atoms with Crippen LogP contribution in [0.1, 0.15) is 43.4 Å². The first-order valence-corrected chi connectivity index (χ1v) is 7.47. The minimum atomic E-state index is -4.92. The van der Waals surface area contributed by atoms with Gasteiger partial charge in [-0.3, -0.25) is 4.79 Å². The standard InChI is InChI=1S/C16H19F6NO2/c1-3-9(8-14(2,23)13(24)25)4-10-5-11(15(17,18)19)7-12(6-10)16(20,21)22/h5-7,9H,3-4,8,23H2,1-2H3,(H,24,25). The summed E-state index contributed by atoms with van der Waals surface area (Å²) >= 11 is 0. The minimum Gasteiger partial charge on any atom is -0.480 e. The van der Waals surface area contributed by atoms with E-state index in [1.807, 2.05) is 0 Å². The molecule has 142 valence electrons. The summed E-state index contributed by atoms with van der Waals surface area (Å²) in [6.07, 6.45) is -9.68. The van der Waals surface area contributed by atoms with Crippen LogP contribution in [0.4, 0.5) is 26.3 Å². The molecular formula is C16H19F6NO2. The van der Waals surface area contributed by atoms with E-state index in [0.717, 1.165) is 0 Å². The SMILES string of the molecule is CCC(Cc1cc(C(F)(F)F)cc(C(F)(F)F)c1)CC(C)(N)C(=O)O. The molecule has 1 aromatic carbocycles. The molecule has 0 radical (unpaired) electrons. The van der Waals surface area contributed by atoms with E-state index in [-0.39, 0.29) is 24.5 Å². The Kier molecular flexibility index (Phi) is 6.15. The zero-order valence-corrected chi connectivity index (χ0v) is 13.6. The summed E-state index contributed by atoms with van der Waals surface area (Å²) in [5.74, 6) is -1.76. The lowest BCUT2D eigenvalue weighted by Crippen LogP contribution is -2.46. The smallest absolute Gasteiger partial charge is 0.416 e. The van der Waals surface area contributed by atoms with Gasteiger partial charge in [0.1, 0.15) is 5.54 Å². The second-order valence-electron chi connectivity index (χ2n) is 6.32. The molecule has 9 heteroatoms. The van der Waals surface area contributed by atoms with Crippen molar-refractivity contribution in [3.63, 3.8) is 0 Å². The normalized spacial score (nSPS) is 16.4. The number of carbonyl (C=O) groups is 1. The van der Waals surface area contributed by atoms with Crippen molar-refractivity contribution >= 4 is 5.97 Å². The van der Waals surface area contributed by atoms with Crippen LogP contribution in [0.25, 0.3) is 0 Å². The molecular weight excluding hydrogens is 352 g/mol. The molecule has 0 aliphatic rings. The van der Waals surface area contributed by atoms with Crippen molar-refractivity contribution < 1.29 is 36.2 Å². The summed E-state index contributed by atoms with van der Waals surface area (Å²) in [5, 5.41) is 9.03. The zero-order chi connectivity index (χ0) is 19.6. The van der Waals surface area contributed by atoms with E-state index in [1.54, 1.807) is 6.92 Å². The minimum absolute atomic E-state index is 0.0642. The van der Waals surface area contributed by atoms with Crippen molar-refractivity contribution in [1.82, 2.24) is 0 Å². The Morgan fingerprint density at radius 2 is 1.52 bits per heavy atom. The highest BCUT2D eigenvalue weighted by atomic mass is 19.4. The van der Waals surface area contributed by atoms with E-state index < -0.39 is 40.9 Å². The predicted molar refractivity (Wildman–Crippen MR) is 78.8 cm³/mol. The Hall–Kier alpha value is -1.77. The number of halogens is 6. The molecule has 0 aliphatic carbocycles. The van der Waals surface area contributed by atoms with E-state index in [0.29, 0.717) is 18.6 Å². The van der Waals surface area contributed by atoms with E-state index in [1.165, 1.54) is 6.92 Å². The molecule has 0 spiro atoms. The van der Waals surface area contributed by atoms with Crippen LogP contribution in [0.15, 0.2) is 18.2 Å². The quantitative estimate of drug-likeness (QED) is 0.725. The number of rotatable bonds is 6. The molecule has 0 heterocycles. The first-order valence-electron chi connectivity index (χ1n) is 7.47. The number of nitrogens with two attached hydrogens (primary N) is 1. The highest BCUT2D eigenvalue weighted by Crippen LogP contribution is 2.37. The van der Waals surface area contributed by atoms with Crippen LogP contribution in [0.3, 0.4) is 0 Å². The Balaban J connectivity index is 3.20. The van der Waals surface area contributed by atoms with Crippen molar-refractivity contribution in [2.75, 3.05) is 0 Å². The van der Waals surface area contributed by atoms with Crippen LogP contribution in [0, 0.1) is 5.92 Å². The number of carboxylic acid groups (broad SMARTS) is 1. The molecule has 0 saturated carbocycles. The molecule has 0 amide bonds. The predicted octanol–water partition coefficient (Wildman–Crippen LogP) is 4.49. The van der Waals surface area contributed by atoms with Crippen LogP contribution < -0.4 is 5.73 Å². The summed E-state index contributed by atoms with van der Waals surface area (Å²) in [7, 11) is 0. The fourth-order valence-electron chi connectivity index (χ4n) is 2.52. The van der Waals surface area contributed by atoms with Gasteiger partial charge in [-0.2, -0.15) is 26.3 Å². The monoisotopic (exact) mass is 371 g/mol. The Bertz CT molecular complexity index is 590. The van der Waals surface area contributed by atoms with Crippen molar-refractivity contribution in [3.8, 4) is 0 Å². The fraction of sp³-hybridized carbons (Fsp3) is 0.562. The van der Waals surface area contributed by atoms with Gasteiger partial charge in [0, 0.05) is 0 Å².